The van der Waals surface area contributed by atoms with Crippen molar-refractivity contribution in [2.45, 2.75) is 26.5 Å². The highest BCUT2D eigenvalue weighted by Gasteiger charge is 2.15. The number of carbonyl (C=O) groups is 1. The Balaban J connectivity index is 1.73. The first kappa shape index (κ1) is 19.9. The van der Waals surface area contributed by atoms with Gasteiger partial charge in [-0.05, 0) is 44.2 Å². The number of thiazole rings is 1. The predicted octanol–water partition coefficient (Wildman–Crippen LogP) is 4.94. The molecule has 1 aromatic heterocycles. The lowest BCUT2D eigenvalue weighted by atomic mass is 10.2. The molecule has 0 aliphatic heterocycles. The van der Waals surface area contributed by atoms with Gasteiger partial charge in [0.05, 0.1) is 0 Å². The fourth-order valence-electron chi connectivity index (χ4n) is 2.41. The minimum Gasteiger partial charge on any atom is -0.489 e. The summed E-state index contributed by atoms with van der Waals surface area (Å²) < 4.78 is 46.6. The quantitative estimate of drug-likeness (QED) is 0.631. The van der Waals surface area contributed by atoms with E-state index in [0.717, 1.165) is 35.6 Å². The number of ether oxygens (including phenoxy) is 1. The van der Waals surface area contributed by atoms with E-state index in [9.17, 15) is 18.0 Å². The highest BCUT2D eigenvalue weighted by molar-refractivity contribution is 7.13. The molecular weight excluding hydrogens is 389 g/mol. The van der Waals surface area contributed by atoms with Gasteiger partial charge in [-0.2, -0.15) is 0 Å². The Morgan fingerprint density at radius 2 is 1.93 bits per heavy atom. The van der Waals surface area contributed by atoms with Gasteiger partial charge in [-0.25, -0.2) is 18.2 Å². The summed E-state index contributed by atoms with van der Waals surface area (Å²) >= 11 is 1.15. The second-order valence-electron chi connectivity index (χ2n) is 6.33. The van der Waals surface area contributed by atoms with Crippen LogP contribution in [0.3, 0.4) is 0 Å². The maximum absolute atomic E-state index is 14.5. The largest absolute Gasteiger partial charge is 0.489 e. The van der Waals surface area contributed by atoms with Crippen molar-refractivity contribution < 1.29 is 22.7 Å². The Bertz CT molecular complexity index is 1000. The van der Waals surface area contributed by atoms with E-state index in [-0.39, 0.29) is 41.1 Å². The molecule has 4 nitrogen and oxygen atoms in total. The molecule has 0 spiro atoms. The van der Waals surface area contributed by atoms with E-state index < -0.39 is 17.5 Å². The van der Waals surface area contributed by atoms with Crippen molar-refractivity contribution in [3.8, 4) is 16.3 Å². The summed E-state index contributed by atoms with van der Waals surface area (Å²) in [6.45, 7) is 3.43. The van der Waals surface area contributed by atoms with Crippen LogP contribution in [0.25, 0.3) is 10.6 Å². The van der Waals surface area contributed by atoms with Crippen molar-refractivity contribution in [2.24, 2.45) is 0 Å². The zero-order chi connectivity index (χ0) is 20.3. The third-order valence-electron chi connectivity index (χ3n) is 3.73. The van der Waals surface area contributed by atoms with Crippen molar-refractivity contribution >= 4 is 17.2 Å². The molecule has 1 N–H and O–H groups in total. The number of hydrogen-bond acceptors (Lipinski definition) is 4. The van der Waals surface area contributed by atoms with Crippen molar-refractivity contribution in [3.05, 3.63) is 70.5 Å². The van der Waals surface area contributed by atoms with Crippen LogP contribution in [0.2, 0.25) is 0 Å². The second kappa shape index (κ2) is 8.43. The number of amides is 1. The van der Waals surface area contributed by atoms with Gasteiger partial charge in [0.2, 0.25) is 0 Å². The van der Waals surface area contributed by atoms with Crippen LogP contribution in [0.15, 0.2) is 41.8 Å². The van der Waals surface area contributed by atoms with Gasteiger partial charge in [0.1, 0.15) is 40.5 Å². The highest BCUT2D eigenvalue weighted by Crippen LogP contribution is 2.29. The molecule has 28 heavy (non-hydrogen) atoms. The number of aromatic nitrogens is 1. The molecule has 0 atom stereocenters. The smallest absolute Gasteiger partial charge is 0.270 e. The maximum Gasteiger partial charge on any atom is 0.270 e. The molecule has 3 aromatic rings. The molecule has 1 amide bonds. The standard InChI is InChI=1S/C20H17F3N2O2S/c1-11(2)24-19(26)18-10-28-20(25-18)15-5-4-14(8-17(15)23)27-9-12-7-13(21)3-6-16(12)22/h3-8,10-11H,9H2,1-2H3,(H,24,26). The third kappa shape index (κ3) is 4.69. The van der Waals surface area contributed by atoms with Gasteiger partial charge in [-0.3, -0.25) is 4.79 Å². The summed E-state index contributed by atoms with van der Waals surface area (Å²) in [5.74, 6) is -1.94. The Hall–Kier alpha value is -2.87. The lowest BCUT2D eigenvalue weighted by molar-refractivity contribution is 0.0939. The van der Waals surface area contributed by atoms with Crippen LogP contribution in [0.1, 0.15) is 29.9 Å². The van der Waals surface area contributed by atoms with Crippen LogP contribution in [0.4, 0.5) is 13.2 Å². The van der Waals surface area contributed by atoms with Crippen molar-refractivity contribution in [2.75, 3.05) is 0 Å². The van der Waals surface area contributed by atoms with Crippen molar-refractivity contribution in [3.63, 3.8) is 0 Å². The summed E-state index contributed by atoms with van der Waals surface area (Å²) in [6, 6.07) is 7.12. The number of carbonyl (C=O) groups excluding carboxylic acids is 1. The molecule has 8 heteroatoms. The van der Waals surface area contributed by atoms with Crippen LogP contribution in [0.5, 0.6) is 5.75 Å². The van der Waals surface area contributed by atoms with Gasteiger partial charge >= 0.3 is 0 Å². The van der Waals surface area contributed by atoms with Crippen LogP contribution in [-0.4, -0.2) is 16.9 Å². The molecule has 0 aliphatic carbocycles. The molecular formula is C20H17F3N2O2S. The Labute approximate surface area is 164 Å². The van der Waals surface area contributed by atoms with E-state index in [1.807, 2.05) is 13.8 Å². The first-order chi connectivity index (χ1) is 13.3. The third-order valence-corrected chi connectivity index (χ3v) is 4.61. The second-order valence-corrected chi connectivity index (χ2v) is 7.19. The molecule has 3 rings (SSSR count). The molecule has 146 valence electrons. The molecule has 0 radical (unpaired) electrons. The molecule has 0 unspecified atom stereocenters. The lowest BCUT2D eigenvalue weighted by Crippen LogP contribution is -2.30. The molecule has 0 saturated carbocycles. The van der Waals surface area contributed by atoms with Crippen LogP contribution in [0, 0.1) is 17.5 Å². The number of hydrogen-bond donors (Lipinski definition) is 1. The fraction of sp³-hybridized carbons (Fsp3) is 0.200. The molecule has 0 aliphatic rings. The van der Waals surface area contributed by atoms with Crippen LogP contribution < -0.4 is 10.1 Å². The summed E-state index contributed by atoms with van der Waals surface area (Å²) in [5, 5.41) is 4.64. The van der Waals surface area contributed by atoms with E-state index in [4.69, 9.17) is 4.74 Å². The first-order valence-electron chi connectivity index (χ1n) is 8.46. The van der Waals surface area contributed by atoms with Gasteiger partial charge in [0.25, 0.3) is 5.91 Å². The zero-order valence-electron chi connectivity index (χ0n) is 15.1. The van der Waals surface area contributed by atoms with E-state index in [0.29, 0.717) is 5.01 Å². The topological polar surface area (TPSA) is 51.2 Å². The number of nitrogens with zero attached hydrogens (tertiary/aromatic N) is 1. The maximum atomic E-state index is 14.5. The zero-order valence-corrected chi connectivity index (χ0v) is 15.9. The molecule has 1 heterocycles. The van der Waals surface area contributed by atoms with Gasteiger partial charge in [0.15, 0.2) is 0 Å². The normalized spacial score (nSPS) is 10.9. The monoisotopic (exact) mass is 406 g/mol. The minimum absolute atomic E-state index is 0.0326. The van der Waals surface area contributed by atoms with Gasteiger partial charge < -0.3 is 10.1 Å². The Kier molecular flexibility index (Phi) is 5.99. The number of benzene rings is 2. The first-order valence-corrected chi connectivity index (χ1v) is 9.34. The molecule has 2 aromatic carbocycles. The summed E-state index contributed by atoms with van der Waals surface area (Å²) in [5.41, 5.74) is 0.470. The van der Waals surface area contributed by atoms with Crippen LogP contribution >= 0.6 is 11.3 Å². The predicted molar refractivity (Wildman–Crippen MR) is 101 cm³/mol. The van der Waals surface area contributed by atoms with Gasteiger partial charge in [-0.1, -0.05) is 0 Å². The lowest BCUT2D eigenvalue weighted by Gasteiger charge is -2.09. The SMILES string of the molecule is CC(C)NC(=O)c1csc(-c2ccc(OCc3cc(F)ccc3F)cc2F)n1. The van der Waals surface area contributed by atoms with E-state index in [2.05, 4.69) is 10.3 Å². The number of halogens is 3. The van der Waals surface area contributed by atoms with Gasteiger partial charge in [-0.15, -0.1) is 11.3 Å². The highest BCUT2D eigenvalue weighted by atomic mass is 32.1. The summed E-state index contributed by atoms with van der Waals surface area (Å²) in [4.78, 5) is 16.1. The van der Waals surface area contributed by atoms with E-state index >= 15 is 0 Å². The molecule has 0 bridgehead atoms. The van der Waals surface area contributed by atoms with Crippen molar-refractivity contribution in [1.29, 1.82) is 0 Å². The molecule has 0 fully saturated rings. The van der Waals surface area contributed by atoms with Crippen LogP contribution in [-0.2, 0) is 6.61 Å². The number of rotatable bonds is 6. The Morgan fingerprint density at radius 1 is 1.14 bits per heavy atom. The summed E-state index contributed by atoms with van der Waals surface area (Å²) in [7, 11) is 0. The average Bonchev–Trinajstić information content (AvgIpc) is 3.12. The molecule has 0 saturated heterocycles. The Morgan fingerprint density at radius 3 is 2.64 bits per heavy atom. The van der Waals surface area contributed by atoms with Gasteiger partial charge in [0, 0.05) is 28.6 Å². The summed E-state index contributed by atoms with van der Waals surface area (Å²) in [6.07, 6.45) is 0. The van der Waals surface area contributed by atoms with Crippen molar-refractivity contribution in [1.82, 2.24) is 10.3 Å². The van der Waals surface area contributed by atoms with E-state index in [1.165, 1.54) is 12.1 Å². The number of nitrogens with one attached hydrogen (secondary N) is 1. The van der Waals surface area contributed by atoms with E-state index in [1.54, 1.807) is 5.38 Å². The fourth-order valence-corrected chi connectivity index (χ4v) is 3.24. The minimum atomic E-state index is -0.603. The average molecular weight is 406 g/mol.